The SMILES string of the molecule is Cc1ccc2oc(C(O)c3c(C)oc(C)c3C)cc2c1. The van der Waals surface area contributed by atoms with E-state index in [0.29, 0.717) is 5.76 Å². The minimum atomic E-state index is -0.792. The number of fused-ring (bicyclic) bond motifs is 1. The molecule has 0 radical (unpaired) electrons. The van der Waals surface area contributed by atoms with Crippen molar-refractivity contribution in [3.8, 4) is 0 Å². The lowest BCUT2D eigenvalue weighted by Crippen LogP contribution is -2.00. The van der Waals surface area contributed by atoms with Crippen LogP contribution in [0, 0.1) is 27.7 Å². The molecule has 0 bridgehead atoms. The van der Waals surface area contributed by atoms with Crippen LogP contribution in [0.5, 0.6) is 0 Å². The zero-order valence-electron chi connectivity index (χ0n) is 12.2. The molecule has 3 nitrogen and oxygen atoms in total. The lowest BCUT2D eigenvalue weighted by Gasteiger charge is -2.07. The van der Waals surface area contributed by atoms with Gasteiger partial charge in [0.05, 0.1) is 0 Å². The number of benzene rings is 1. The van der Waals surface area contributed by atoms with Crippen LogP contribution in [0.4, 0.5) is 0 Å². The maximum Gasteiger partial charge on any atom is 0.140 e. The van der Waals surface area contributed by atoms with Crippen LogP contribution in [-0.2, 0) is 0 Å². The van der Waals surface area contributed by atoms with Crippen LogP contribution in [0.3, 0.4) is 0 Å². The van der Waals surface area contributed by atoms with Gasteiger partial charge >= 0.3 is 0 Å². The Morgan fingerprint density at radius 2 is 1.70 bits per heavy atom. The monoisotopic (exact) mass is 270 g/mol. The van der Waals surface area contributed by atoms with E-state index in [-0.39, 0.29) is 0 Å². The molecule has 0 spiro atoms. The van der Waals surface area contributed by atoms with Crippen molar-refractivity contribution in [3.63, 3.8) is 0 Å². The van der Waals surface area contributed by atoms with Gasteiger partial charge in [-0.1, -0.05) is 11.6 Å². The third kappa shape index (κ3) is 1.95. The van der Waals surface area contributed by atoms with E-state index in [2.05, 4.69) is 6.07 Å². The molecular weight excluding hydrogens is 252 g/mol. The number of aliphatic hydroxyl groups excluding tert-OH is 1. The number of aliphatic hydroxyl groups is 1. The van der Waals surface area contributed by atoms with E-state index in [9.17, 15) is 5.11 Å². The second-order valence-electron chi connectivity index (χ2n) is 5.35. The van der Waals surface area contributed by atoms with E-state index in [1.54, 1.807) is 0 Å². The highest BCUT2D eigenvalue weighted by molar-refractivity contribution is 5.78. The molecule has 104 valence electrons. The second-order valence-corrected chi connectivity index (χ2v) is 5.35. The van der Waals surface area contributed by atoms with Gasteiger partial charge in [-0.25, -0.2) is 0 Å². The first kappa shape index (κ1) is 13.0. The standard InChI is InChI=1S/C17H18O3/c1-9-5-6-14-13(7-9)8-15(20-14)17(18)16-10(2)11(3)19-12(16)4/h5-8,17-18H,1-4H3. The van der Waals surface area contributed by atoms with Gasteiger partial charge in [-0.05, 0) is 51.5 Å². The number of hydrogen-bond acceptors (Lipinski definition) is 3. The summed E-state index contributed by atoms with van der Waals surface area (Å²) in [5, 5.41) is 11.6. The molecule has 2 heterocycles. The van der Waals surface area contributed by atoms with Crippen LogP contribution in [0.15, 0.2) is 33.1 Å². The molecule has 3 rings (SSSR count). The zero-order valence-corrected chi connectivity index (χ0v) is 12.2. The topological polar surface area (TPSA) is 46.5 Å². The third-order valence-corrected chi connectivity index (χ3v) is 3.85. The van der Waals surface area contributed by atoms with Crippen LogP contribution >= 0.6 is 0 Å². The average molecular weight is 270 g/mol. The van der Waals surface area contributed by atoms with E-state index >= 15 is 0 Å². The van der Waals surface area contributed by atoms with Crippen molar-refractivity contribution in [3.05, 3.63) is 58.2 Å². The molecule has 0 saturated heterocycles. The fourth-order valence-corrected chi connectivity index (χ4v) is 2.67. The first-order valence-electron chi connectivity index (χ1n) is 6.72. The van der Waals surface area contributed by atoms with Crippen molar-refractivity contribution >= 4 is 11.0 Å². The molecule has 0 amide bonds. The van der Waals surface area contributed by atoms with Crippen molar-refractivity contribution in [1.82, 2.24) is 0 Å². The number of furan rings is 2. The van der Waals surface area contributed by atoms with Crippen LogP contribution < -0.4 is 0 Å². The fraction of sp³-hybridized carbons (Fsp3) is 0.294. The minimum absolute atomic E-state index is 0.553. The van der Waals surface area contributed by atoms with Gasteiger partial charge in [-0.2, -0.15) is 0 Å². The average Bonchev–Trinajstić information content (AvgIpc) is 2.91. The van der Waals surface area contributed by atoms with E-state index in [1.807, 2.05) is 45.9 Å². The molecule has 0 saturated carbocycles. The number of rotatable bonds is 2. The van der Waals surface area contributed by atoms with Gasteiger partial charge in [0.2, 0.25) is 0 Å². The lowest BCUT2D eigenvalue weighted by molar-refractivity contribution is 0.189. The minimum Gasteiger partial charge on any atom is -0.466 e. The molecule has 1 aromatic carbocycles. The smallest absolute Gasteiger partial charge is 0.140 e. The summed E-state index contributed by atoms with van der Waals surface area (Å²) in [6, 6.07) is 7.88. The van der Waals surface area contributed by atoms with Gasteiger partial charge in [0.25, 0.3) is 0 Å². The summed E-state index contributed by atoms with van der Waals surface area (Å²) < 4.78 is 11.3. The Bertz CT molecular complexity index is 777. The molecule has 0 fully saturated rings. The van der Waals surface area contributed by atoms with Gasteiger partial charge in [0.15, 0.2) is 0 Å². The van der Waals surface area contributed by atoms with E-state index < -0.39 is 6.10 Å². The highest BCUT2D eigenvalue weighted by Gasteiger charge is 2.23. The maximum absolute atomic E-state index is 10.6. The Morgan fingerprint density at radius 3 is 2.35 bits per heavy atom. The van der Waals surface area contributed by atoms with Gasteiger partial charge in [0.1, 0.15) is 29.0 Å². The van der Waals surface area contributed by atoms with Crippen molar-refractivity contribution in [1.29, 1.82) is 0 Å². The molecule has 2 aromatic heterocycles. The Morgan fingerprint density at radius 1 is 0.950 bits per heavy atom. The van der Waals surface area contributed by atoms with Crippen molar-refractivity contribution in [2.75, 3.05) is 0 Å². The summed E-state index contributed by atoms with van der Waals surface area (Å²) in [7, 11) is 0. The van der Waals surface area contributed by atoms with Crippen LogP contribution in [0.2, 0.25) is 0 Å². The third-order valence-electron chi connectivity index (χ3n) is 3.85. The van der Waals surface area contributed by atoms with Crippen LogP contribution in [0.25, 0.3) is 11.0 Å². The van der Waals surface area contributed by atoms with Crippen molar-refractivity contribution in [2.24, 2.45) is 0 Å². The van der Waals surface area contributed by atoms with Crippen LogP contribution in [0.1, 0.15) is 40.1 Å². The summed E-state index contributed by atoms with van der Waals surface area (Å²) in [5.41, 5.74) is 3.75. The summed E-state index contributed by atoms with van der Waals surface area (Å²) in [4.78, 5) is 0. The van der Waals surface area contributed by atoms with E-state index in [4.69, 9.17) is 8.83 Å². The number of hydrogen-bond donors (Lipinski definition) is 1. The molecule has 3 aromatic rings. The van der Waals surface area contributed by atoms with E-state index in [0.717, 1.165) is 33.6 Å². The van der Waals surface area contributed by atoms with Crippen molar-refractivity contribution in [2.45, 2.75) is 33.8 Å². The molecule has 0 aliphatic carbocycles. The summed E-state index contributed by atoms with van der Waals surface area (Å²) >= 11 is 0. The summed E-state index contributed by atoms with van der Waals surface area (Å²) in [6.07, 6.45) is -0.792. The molecule has 0 aliphatic heterocycles. The molecule has 20 heavy (non-hydrogen) atoms. The molecule has 1 unspecified atom stereocenters. The normalized spacial score (nSPS) is 13.1. The van der Waals surface area contributed by atoms with E-state index in [1.165, 1.54) is 5.56 Å². The fourth-order valence-electron chi connectivity index (χ4n) is 2.67. The Kier molecular flexibility index (Phi) is 2.94. The zero-order chi connectivity index (χ0) is 14.4. The lowest BCUT2D eigenvalue weighted by atomic mass is 10.0. The quantitative estimate of drug-likeness (QED) is 0.753. The second kappa shape index (κ2) is 4.53. The Balaban J connectivity index is 2.10. The Labute approximate surface area is 117 Å². The Hall–Kier alpha value is -2.00. The molecule has 3 heteroatoms. The highest BCUT2D eigenvalue weighted by Crippen LogP contribution is 2.34. The predicted octanol–water partition coefficient (Wildman–Crippen LogP) is 4.34. The summed E-state index contributed by atoms with van der Waals surface area (Å²) in [6.45, 7) is 7.76. The largest absolute Gasteiger partial charge is 0.466 e. The predicted molar refractivity (Wildman–Crippen MR) is 77.9 cm³/mol. The number of aryl methyl sites for hydroxylation is 3. The molecule has 0 aliphatic rings. The van der Waals surface area contributed by atoms with Crippen LogP contribution in [-0.4, -0.2) is 5.11 Å². The first-order chi connectivity index (χ1) is 9.47. The van der Waals surface area contributed by atoms with Gasteiger partial charge in [-0.15, -0.1) is 0 Å². The maximum atomic E-state index is 10.6. The van der Waals surface area contributed by atoms with Gasteiger partial charge < -0.3 is 13.9 Å². The van der Waals surface area contributed by atoms with Crippen molar-refractivity contribution < 1.29 is 13.9 Å². The summed E-state index contributed by atoms with van der Waals surface area (Å²) in [5.74, 6) is 2.13. The van der Waals surface area contributed by atoms with Gasteiger partial charge in [0, 0.05) is 10.9 Å². The first-order valence-corrected chi connectivity index (χ1v) is 6.72. The van der Waals surface area contributed by atoms with Gasteiger partial charge in [-0.3, -0.25) is 0 Å². The highest BCUT2D eigenvalue weighted by atomic mass is 16.4. The molecule has 1 N–H and O–H groups in total. The molecular formula is C17H18O3. The molecule has 1 atom stereocenters.